The molecule has 0 atom stereocenters. The minimum Gasteiger partial charge on any atom is -0.406 e. The smallest absolute Gasteiger partial charge is 0.406 e. The van der Waals surface area contributed by atoms with Crippen LogP contribution in [0.4, 0.5) is 13.2 Å². The Hall–Kier alpha value is -3.09. The molecule has 3 aromatic rings. The maximum Gasteiger partial charge on any atom is 0.573 e. The van der Waals surface area contributed by atoms with Crippen molar-refractivity contribution in [1.29, 1.82) is 0 Å². The molecule has 4 nitrogen and oxygen atoms in total. The molecule has 0 N–H and O–H groups in total. The molecule has 2 aromatic carbocycles. The van der Waals surface area contributed by atoms with Crippen LogP contribution in [0.2, 0.25) is 0 Å². The molecule has 0 aliphatic rings. The first-order valence-corrected chi connectivity index (χ1v) is 7.77. The maximum absolute atomic E-state index is 12.7. The van der Waals surface area contributed by atoms with Crippen LogP contribution in [0.5, 0.6) is 5.75 Å². The number of carbonyl (C=O) groups excluding carboxylic acids is 1. The molecule has 1 amide bonds. The number of hydrogen-bond donors (Lipinski definition) is 0. The van der Waals surface area contributed by atoms with Gasteiger partial charge >= 0.3 is 6.36 Å². The largest absolute Gasteiger partial charge is 0.573 e. The van der Waals surface area contributed by atoms with Crippen molar-refractivity contribution in [2.45, 2.75) is 12.9 Å². The normalized spacial score (nSPS) is 11.4. The van der Waals surface area contributed by atoms with Crippen LogP contribution in [-0.2, 0) is 6.54 Å². The van der Waals surface area contributed by atoms with E-state index in [4.69, 9.17) is 0 Å². The lowest BCUT2D eigenvalue weighted by molar-refractivity contribution is -0.274. The summed E-state index contributed by atoms with van der Waals surface area (Å²) in [6, 6.07) is 14.3. The van der Waals surface area contributed by atoms with Crippen molar-refractivity contribution >= 4 is 16.8 Å². The number of pyridine rings is 1. The van der Waals surface area contributed by atoms with Crippen molar-refractivity contribution in [2.24, 2.45) is 0 Å². The second-order valence-corrected chi connectivity index (χ2v) is 5.73. The van der Waals surface area contributed by atoms with E-state index in [2.05, 4.69) is 9.72 Å². The minimum absolute atomic E-state index is 0.195. The predicted octanol–water partition coefficient (Wildman–Crippen LogP) is 4.41. The molecule has 0 unspecified atom stereocenters. The number of rotatable bonds is 4. The lowest BCUT2D eigenvalue weighted by atomic mass is 10.1. The summed E-state index contributed by atoms with van der Waals surface area (Å²) in [5.74, 6) is -0.491. The zero-order valence-electron chi connectivity index (χ0n) is 13.8. The summed E-state index contributed by atoms with van der Waals surface area (Å²) in [6.45, 7) is 0.252. The molecule has 0 fully saturated rings. The van der Waals surface area contributed by atoms with E-state index < -0.39 is 6.36 Å². The first kappa shape index (κ1) is 17.7. The molecular weight excluding hydrogens is 345 g/mol. The molecule has 0 aliphatic heterocycles. The van der Waals surface area contributed by atoms with E-state index in [1.165, 1.54) is 29.2 Å². The SMILES string of the molecule is CN(Cc1ccc(OC(F)(F)F)cc1)C(=O)c1cccc2ncccc12. The summed E-state index contributed by atoms with van der Waals surface area (Å²) < 4.78 is 40.4. The lowest BCUT2D eigenvalue weighted by Gasteiger charge is -2.18. The maximum atomic E-state index is 12.7. The quantitative estimate of drug-likeness (QED) is 0.692. The third-order valence-electron chi connectivity index (χ3n) is 3.80. The van der Waals surface area contributed by atoms with E-state index in [0.29, 0.717) is 11.1 Å². The highest BCUT2D eigenvalue weighted by Gasteiger charge is 2.31. The molecule has 26 heavy (non-hydrogen) atoms. The molecule has 7 heteroatoms. The second-order valence-electron chi connectivity index (χ2n) is 5.73. The van der Waals surface area contributed by atoms with E-state index in [9.17, 15) is 18.0 Å². The van der Waals surface area contributed by atoms with E-state index in [1.54, 1.807) is 31.4 Å². The van der Waals surface area contributed by atoms with Crippen LogP contribution in [0, 0.1) is 0 Å². The predicted molar refractivity (Wildman–Crippen MR) is 90.7 cm³/mol. The van der Waals surface area contributed by atoms with Gasteiger partial charge in [0, 0.05) is 30.7 Å². The second kappa shape index (κ2) is 7.03. The number of nitrogens with zero attached hydrogens (tertiary/aromatic N) is 2. The molecule has 0 saturated heterocycles. The number of halogens is 3. The van der Waals surface area contributed by atoms with Crippen molar-refractivity contribution in [1.82, 2.24) is 9.88 Å². The Balaban J connectivity index is 1.75. The average Bonchev–Trinajstić information content (AvgIpc) is 2.61. The van der Waals surface area contributed by atoms with Gasteiger partial charge in [0.1, 0.15) is 5.75 Å². The summed E-state index contributed by atoms with van der Waals surface area (Å²) in [4.78, 5) is 18.5. The number of alkyl halides is 3. The zero-order valence-corrected chi connectivity index (χ0v) is 13.8. The molecule has 0 aliphatic carbocycles. The Morgan fingerprint density at radius 2 is 1.81 bits per heavy atom. The number of aromatic nitrogens is 1. The highest BCUT2D eigenvalue weighted by atomic mass is 19.4. The monoisotopic (exact) mass is 360 g/mol. The topological polar surface area (TPSA) is 42.4 Å². The van der Waals surface area contributed by atoms with Crippen LogP contribution in [0.25, 0.3) is 10.9 Å². The van der Waals surface area contributed by atoms with Crippen molar-refractivity contribution in [2.75, 3.05) is 7.05 Å². The Morgan fingerprint density at radius 3 is 2.50 bits per heavy atom. The molecule has 1 heterocycles. The molecule has 0 spiro atoms. The number of amides is 1. The summed E-state index contributed by atoms with van der Waals surface area (Å²) in [5.41, 5.74) is 1.93. The molecule has 0 bridgehead atoms. The van der Waals surface area contributed by atoms with Crippen LogP contribution in [0.1, 0.15) is 15.9 Å². The highest BCUT2D eigenvalue weighted by Crippen LogP contribution is 2.23. The number of carbonyl (C=O) groups is 1. The number of hydrogen-bond acceptors (Lipinski definition) is 3. The van der Waals surface area contributed by atoms with Crippen molar-refractivity contribution in [3.63, 3.8) is 0 Å². The van der Waals surface area contributed by atoms with E-state index in [1.807, 2.05) is 12.1 Å². The average molecular weight is 360 g/mol. The highest BCUT2D eigenvalue weighted by molar-refractivity contribution is 6.05. The summed E-state index contributed by atoms with van der Waals surface area (Å²) in [5, 5.41) is 0.751. The van der Waals surface area contributed by atoms with Gasteiger partial charge in [0.05, 0.1) is 5.52 Å². The fourth-order valence-corrected chi connectivity index (χ4v) is 2.64. The van der Waals surface area contributed by atoms with E-state index >= 15 is 0 Å². The molecule has 134 valence electrons. The van der Waals surface area contributed by atoms with Gasteiger partial charge in [0.25, 0.3) is 5.91 Å². The van der Waals surface area contributed by atoms with Gasteiger partial charge in [-0.05, 0) is 35.9 Å². The van der Waals surface area contributed by atoms with Gasteiger partial charge < -0.3 is 9.64 Å². The van der Waals surface area contributed by atoms with Crippen LogP contribution in [-0.4, -0.2) is 29.2 Å². The Labute approximate surface area is 147 Å². The lowest BCUT2D eigenvalue weighted by Crippen LogP contribution is -2.26. The van der Waals surface area contributed by atoms with Crippen molar-refractivity contribution < 1.29 is 22.7 Å². The fraction of sp³-hybridized carbons (Fsp3) is 0.158. The Bertz CT molecular complexity index is 919. The third kappa shape index (κ3) is 4.11. The van der Waals surface area contributed by atoms with Gasteiger partial charge in [-0.2, -0.15) is 0 Å². The molecule has 0 saturated carbocycles. The van der Waals surface area contributed by atoms with Gasteiger partial charge in [-0.25, -0.2) is 0 Å². The number of ether oxygens (including phenoxy) is 1. The van der Waals surface area contributed by atoms with Gasteiger partial charge in [-0.3, -0.25) is 9.78 Å². The number of fused-ring (bicyclic) bond motifs is 1. The summed E-state index contributed by atoms with van der Waals surface area (Å²) in [6.07, 6.45) is -3.07. The van der Waals surface area contributed by atoms with Gasteiger partial charge in [0.2, 0.25) is 0 Å². The molecular formula is C19H15F3N2O2. The first-order chi connectivity index (χ1) is 12.3. The molecule has 3 rings (SSSR count). The minimum atomic E-state index is -4.73. The standard InChI is InChI=1S/C19H15F3N2O2/c1-24(12-13-7-9-14(10-8-13)26-19(20,21)22)18(25)16-4-2-6-17-15(16)5-3-11-23-17/h2-11H,12H2,1H3. The Kier molecular flexibility index (Phi) is 4.79. The summed E-state index contributed by atoms with van der Waals surface area (Å²) >= 11 is 0. The molecule has 0 radical (unpaired) electrons. The Morgan fingerprint density at radius 1 is 1.08 bits per heavy atom. The van der Waals surface area contributed by atoms with Crippen molar-refractivity contribution in [3.05, 3.63) is 71.9 Å². The molecule has 1 aromatic heterocycles. The van der Waals surface area contributed by atoms with E-state index in [0.717, 1.165) is 10.9 Å². The van der Waals surface area contributed by atoms with Gasteiger partial charge in [-0.15, -0.1) is 13.2 Å². The summed E-state index contributed by atoms with van der Waals surface area (Å²) in [7, 11) is 1.64. The first-order valence-electron chi connectivity index (χ1n) is 7.77. The third-order valence-corrected chi connectivity index (χ3v) is 3.80. The fourth-order valence-electron chi connectivity index (χ4n) is 2.64. The van der Waals surface area contributed by atoms with Gasteiger partial charge in [0.15, 0.2) is 0 Å². The zero-order chi connectivity index (χ0) is 18.7. The van der Waals surface area contributed by atoms with Crippen LogP contribution >= 0.6 is 0 Å². The van der Waals surface area contributed by atoms with Crippen LogP contribution in [0.3, 0.4) is 0 Å². The van der Waals surface area contributed by atoms with Crippen molar-refractivity contribution in [3.8, 4) is 5.75 Å². The van der Waals surface area contributed by atoms with Crippen LogP contribution in [0.15, 0.2) is 60.8 Å². The van der Waals surface area contributed by atoms with E-state index in [-0.39, 0.29) is 18.2 Å². The number of benzene rings is 2. The van der Waals surface area contributed by atoms with Gasteiger partial charge in [-0.1, -0.05) is 24.3 Å². The van der Waals surface area contributed by atoms with Crippen LogP contribution < -0.4 is 4.74 Å².